The van der Waals surface area contributed by atoms with E-state index in [1.165, 1.54) is 0 Å². The Morgan fingerprint density at radius 3 is 2.16 bits per heavy atom. The maximum Gasteiger partial charge on any atom is 0.268 e. The number of hydrogen-bond donors (Lipinski definition) is 0. The topological polar surface area (TPSA) is 77.1 Å². The second-order valence-corrected chi connectivity index (χ2v) is 9.35. The molecule has 0 unspecified atom stereocenters. The van der Waals surface area contributed by atoms with Crippen LogP contribution in [0.4, 0.5) is 0 Å². The maximum atomic E-state index is 13.1. The van der Waals surface area contributed by atoms with Gasteiger partial charge in [0.15, 0.2) is 0 Å². The lowest BCUT2D eigenvalue weighted by Gasteiger charge is -2.25. The molecule has 0 bridgehead atoms. The van der Waals surface area contributed by atoms with Crippen molar-refractivity contribution in [3.05, 3.63) is 113 Å². The van der Waals surface area contributed by atoms with E-state index < -0.39 is 0 Å². The molecule has 0 aliphatic carbocycles. The zero-order valence-corrected chi connectivity index (χ0v) is 20.6. The summed E-state index contributed by atoms with van der Waals surface area (Å²) in [5.41, 5.74) is 3.50. The molecule has 5 rings (SSSR count). The lowest BCUT2D eigenvalue weighted by Crippen LogP contribution is -2.29. The molecule has 0 saturated carbocycles. The zero-order valence-electron chi connectivity index (χ0n) is 20.6. The summed E-state index contributed by atoms with van der Waals surface area (Å²) in [5, 5.41) is 9.17. The average Bonchev–Trinajstić information content (AvgIpc) is 2.96. The number of hydrogen-bond acceptors (Lipinski definition) is 5. The van der Waals surface area contributed by atoms with Crippen molar-refractivity contribution in [2.75, 3.05) is 0 Å². The molecule has 0 atom stereocenters. The predicted octanol–water partition coefficient (Wildman–Crippen LogP) is 5.96. The summed E-state index contributed by atoms with van der Waals surface area (Å²) in [5.74, 6) is 3.23. The summed E-state index contributed by atoms with van der Waals surface area (Å²) in [6.45, 7) is 0.849. The van der Waals surface area contributed by atoms with Crippen LogP contribution in [-0.4, -0.2) is 16.3 Å². The SMILES string of the molecule is N#CB1CCC(n2ccc(-c3ccc(OCc4ccccc4)nc3OCc3ccccc3)cc2=O)CC1. The van der Waals surface area contributed by atoms with Crippen LogP contribution in [0.2, 0.25) is 12.6 Å². The van der Waals surface area contributed by atoms with E-state index in [0.29, 0.717) is 25.0 Å². The van der Waals surface area contributed by atoms with Gasteiger partial charge in [-0.05, 0) is 41.7 Å². The van der Waals surface area contributed by atoms with E-state index in [1.807, 2.05) is 85.1 Å². The third-order valence-electron chi connectivity index (χ3n) is 6.81. The molecule has 2 aromatic carbocycles. The largest absolute Gasteiger partial charge is 0.473 e. The Morgan fingerprint density at radius 1 is 0.892 bits per heavy atom. The van der Waals surface area contributed by atoms with Gasteiger partial charge < -0.3 is 14.0 Å². The maximum absolute atomic E-state index is 13.1. The molecule has 2 aromatic heterocycles. The highest BCUT2D eigenvalue weighted by atomic mass is 16.5. The van der Waals surface area contributed by atoms with Crippen molar-refractivity contribution in [2.24, 2.45) is 0 Å². The van der Waals surface area contributed by atoms with Crippen molar-refractivity contribution in [1.82, 2.24) is 9.55 Å². The molecule has 6 nitrogen and oxygen atoms in total. The van der Waals surface area contributed by atoms with Crippen LogP contribution in [0.1, 0.15) is 30.0 Å². The highest BCUT2D eigenvalue weighted by Gasteiger charge is 2.25. The highest BCUT2D eigenvalue weighted by molar-refractivity contribution is 6.67. The standard InChI is InChI=1S/C30H28BN3O3/c32-22-31-16-13-26(14-17-31)34-18-15-25(19-29(34)35)27-11-12-28(36-20-23-7-3-1-4-8-23)33-30(27)37-21-24-9-5-2-6-10-24/h1-12,15,18-19,26H,13-14,16-17,20-21H2. The summed E-state index contributed by atoms with van der Waals surface area (Å²) >= 11 is 0. The molecule has 1 aliphatic rings. The first kappa shape index (κ1) is 24.4. The molecule has 1 saturated heterocycles. The minimum absolute atomic E-state index is 0.0590. The Labute approximate surface area is 217 Å². The van der Waals surface area contributed by atoms with Crippen molar-refractivity contribution >= 4 is 6.71 Å². The number of pyridine rings is 2. The molecule has 184 valence electrons. The van der Waals surface area contributed by atoms with Gasteiger partial charge in [0.2, 0.25) is 11.8 Å². The summed E-state index contributed by atoms with van der Waals surface area (Å²) in [7, 11) is 0. The number of aromatic nitrogens is 2. The van der Waals surface area contributed by atoms with Crippen LogP contribution in [0.25, 0.3) is 11.1 Å². The number of ether oxygens (including phenoxy) is 2. The molecular weight excluding hydrogens is 461 g/mol. The minimum atomic E-state index is -0.0590. The first-order valence-electron chi connectivity index (χ1n) is 12.7. The van der Waals surface area contributed by atoms with Gasteiger partial charge in [-0.2, -0.15) is 4.98 Å². The smallest absolute Gasteiger partial charge is 0.268 e. The van der Waals surface area contributed by atoms with Gasteiger partial charge in [-0.15, -0.1) is 0 Å². The van der Waals surface area contributed by atoms with Crippen molar-refractivity contribution in [2.45, 2.75) is 44.7 Å². The molecule has 0 amide bonds. The van der Waals surface area contributed by atoms with Gasteiger partial charge in [-0.25, -0.2) is 5.26 Å². The number of nitriles is 1. The fraction of sp³-hybridized carbons (Fsp3) is 0.233. The van der Waals surface area contributed by atoms with Crippen molar-refractivity contribution in [1.29, 1.82) is 5.26 Å². The third-order valence-corrected chi connectivity index (χ3v) is 6.81. The van der Waals surface area contributed by atoms with Gasteiger partial charge in [0.1, 0.15) is 13.2 Å². The first-order valence-corrected chi connectivity index (χ1v) is 12.7. The Hall–Kier alpha value is -4.31. The monoisotopic (exact) mass is 489 g/mol. The van der Waals surface area contributed by atoms with E-state index in [1.54, 1.807) is 10.6 Å². The van der Waals surface area contributed by atoms with Crippen LogP contribution in [-0.2, 0) is 13.2 Å². The average molecular weight is 489 g/mol. The van der Waals surface area contributed by atoms with Crippen LogP contribution in [0, 0.1) is 11.2 Å². The number of nitrogens with zero attached hydrogens (tertiary/aromatic N) is 3. The molecule has 0 radical (unpaired) electrons. The predicted molar refractivity (Wildman–Crippen MR) is 145 cm³/mol. The summed E-state index contributed by atoms with van der Waals surface area (Å²) in [6, 6.07) is 27.2. The summed E-state index contributed by atoms with van der Waals surface area (Å²) in [6.07, 6.45) is 5.22. The van der Waals surface area contributed by atoms with Crippen molar-refractivity contribution in [3.8, 4) is 28.9 Å². The van der Waals surface area contributed by atoms with Gasteiger partial charge in [-0.3, -0.25) is 4.79 Å². The third kappa shape index (κ3) is 6.10. The second kappa shape index (κ2) is 11.6. The Bertz CT molecular complexity index is 1430. The molecule has 3 heterocycles. The molecule has 7 heteroatoms. The van der Waals surface area contributed by atoms with Crippen LogP contribution in [0.3, 0.4) is 0 Å². The molecule has 0 spiro atoms. The van der Waals surface area contributed by atoms with Crippen LogP contribution in [0.15, 0.2) is 95.9 Å². The normalized spacial score (nSPS) is 13.6. The second-order valence-electron chi connectivity index (χ2n) is 9.35. The molecule has 1 aliphatic heterocycles. The summed E-state index contributed by atoms with van der Waals surface area (Å²) < 4.78 is 13.9. The van der Waals surface area contributed by atoms with Crippen LogP contribution >= 0.6 is 0 Å². The van der Waals surface area contributed by atoms with E-state index in [9.17, 15) is 10.1 Å². The van der Waals surface area contributed by atoms with Gasteiger partial charge in [0.25, 0.3) is 12.3 Å². The van der Waals surface area contributed by atoms with E-state index >= 15 is 0 Å². The Kier molecular flexibility index (Phi) is 7.66. The van der Waals surface area contributed by atoms with Crippen molar-refractivity contribution in [3.63, 3.8) is 0 Å². The van der Waals surface area contributed by atoms with Crippen LogP contribution in [0.5, 0.6) is 11.8 Å². The number of rotatable bonds is 8. The summed E-state index contributed by atoms with van der Waals surface area (Å²) in [4.78, 5) is 17.7. The molecule has 37 heavy (non-hydrogen) atoms. The highest BCUT2D eigenvalue weighted by Crippen LogP contribution is 2.32. The van der Waals surface area contributed by atoms with Gasteiger partial charge >= 0.3 is 0 Å². The van der Waals surface area contributed by atoms with E-state index in [4.69, 9.17) is 9.47 Å². The fourth-order valence-corrected chi connectivity index (χ4v) is 4.73. The van der Waals surface area contributed by atoms with E-state index in [2.05, 4.69) is 11.0 Å². The molecule has 1 fully saturated rings. The number of benzene rings is 2. The van der Waals surface area contributed by atoms with Crippen molar-refractivity contribution < 1.29 is 9.47 Å². The molecule has 4 aromatic rings. The molecule has 0 N–H and O–H groups in total. The Morgan fingerprint density at radius 2 is 1.54 bits per heavy atom. The first-order chi connectivity index (χ1) is 18.2. The lowest BCUT2D eigenvalue weighted by atomic mass is 9.42. The van der Waals surface area contributed by atoms with E-state index in [0.717, 1.165) is 47.7 Å². The van der Waals surface area contributed by atoms with Gasteiger partial charge in [0, 0.05) is 35.9 Å². The quantitative estimate of drug-likeness (QED) is 0.286. The van der Waals surface area contributed by atoms with Gasteiger partial charge in [-0.1, -0.05) is 73.3 Å². The minimum Gasteiger partial charge on any atom is -0.473 e. The fourth-order valence-electron chi connectivity index (χ4n) is 4.73. The molecular formula is C30H28BN3O3. The van der Waals surface area contributed by atoms with E-state index in [-0.39, 0.29) is 18.3 Å². The van der Waals surface area contributed by atoms with Crippen LogP contribution < -0.4 is 15.0 Å². The van der Waals surface area contributed by atoms with Gasteiger partial charge in [0.05, 0.1) is 0 Å². The Balaban J connectivity index is 1.39. The lowest BCUT2D eigenvalue weighted by molar-refractivity contribution is 0.268. The zero-order chi connectivity index (χ0) is 25.5.